The van der Waals surface area contributed by atoms with Crippen LogP contribution in [-0.4, -0.2) is 4.98 Å². The monoisotopic (exact) mass is 175 g/mol. The zero-order chi connectivity index (χ0) is 9.26. The summed E-state index contributed by atoms with van der Waals surface area (Å²) in [6.45, 7) is 1.96. The number of nitrogens with zero attached hydrogens (tertiary/aromatic N) is 2. The van der Waals surface area contributed by atoms with Crippen LogP contribution in [0.15, 0.2) is 35.3 Å². The van der Waals surface area contributed by atoms with Gasteiger partial charge in [0, 0.05) is 17.5 Å². The van der Waals surface area contributed by atoms with Crippen molar-refractivity contribution in [2.75, 3.05) is 0 Å². The summed E-state index contributed by atoms with van der Waals surface area (Å²) in [7, 11) is 1.93. The first-order valence-corrected chi connectivity index (χ1v) is 4.12. The second-order valence-electron chi connectivity index (χ2n) is 3.07. The highest BCUT2D eigenvalue weighted by Crippen LogP contribution is 2.17. The fourth-order valence-electron chi connectivity index (χ4n) is 1.23. The van der Waals surface area contributed by atoms with Gasteiger partial charge in [-0.2, -0.15) is 4.57 Å². The Morgan fingerprint density at radius 2 is 2.31 bits per heavy atom. The summed E-state index contributed by atoms with van der Waals surface area (Å²) in [6, 6.07) is 3.94. The Morgan fingerprint density at radius 1 is 1.46 bits per heavy atom. The Bertz CT molecular complexity index is 420. The fraction of sp³-hybridized carbons (Fsp3) is 0.200. The molecule has 0 aliphatic heterocycles. The lowest BCUT2D eigenvalue weighted by Crippen LogP contribution is -2.22. The first kappa shape index (κ1) is 7.98. The van der Waals surface area contributed by atoms with Crippen molar-refractivity contribution in [3.8, 4) is 11.3 Å². The lowest BCUT2D eigenvalue weighted by Gasteiger charge is -1.94. The lowest BCUT2D eigenvalue weighted by molar-refractivity contribution is -0.674. The van der Waals surface area contributed by atoms with Gasteiger partial charge in [-0.15, -0.1) is 0 Å². The third kappa shape index (κ3) is 1.59. The topological polar surface area (TPSA) is 29.9 Å². The zero-order valence-corrected chi connectivity index (χ0v) is 7.69. The molecule has 13 heavy (non-hydrogen) atoms. The van der Waals surface area contributed by atoms with Gasteiger partial charge in [0.1, 0.15) is 7.05 Å². The fourth-order valence-corrected chi connectivity index (χ4v) is 1.23. The average Bonchev–Trinajstić information content (AvgIpc) is 2.52. The first-order chi connectivity index (χ1) is 6.25. The molecule has 66 valence electrons. The van der Waals surface area contributed by atoms with Crippen LogP contribution in [0.4, 0.5) is 0 Å². The van der Waals surface area contributed by atoms with Crippen molar-refractivity contribution in [3.05, 3.63) is 36.6 Å². The van der Waals surface area contributed by atoms with E-state index in [0.29, 0.717) is 0 Å². The minimum Gasteiger partial charge on any atom is -0.404 e. The molecule has 0 spiro atoms. The maximum atomic E-state index is 5.34. The first-order valence-electron chi connectivity index (χ1n) is 4.12. The summed E-state index contributed by atoms with van der Waals surface area (Å²) < 4.78 is 7.22. The average molecular weight is 175 g/mol. The maximum Gasteiger partial charge on any atom is 0.334 e. The van der Waals surface area contributed by atoms with Gasteiger partial charge in [0.05, 0.1) is 0 Å². The second-order valence-corrected chi connectivity index (χ2v) is 3.07. The van der Waals surface area contributed by atoms with E-state index in [1.54, 1.807) is 12.6 Å². The number of aryl methyl sites for hydroxylation is 2. The van der Waals surface area contributed by atoms with Gasteiger partial charge in [0.15, 0.2) is 0 Å². The van der Waals surface area contributed by atoms with Crippen LogP contribution < -0.4 is 4.57 Å². The molecule has 2 heterocycles. The second kappa shape index (κ2) is 3.01. The molecule has 0 aliphatic carbocycles. The Kier molecular flexibility index (Phi) is 1.85. The quantitative estimate of drug-likeness (QED) is 0.614. The van der Waals surface area contributed by atoms with Crippen LogP contribution in [0.2, 0.25) is 0 Å². The van der Waals surface area contributed by atoms with Crippen LogP contribution in [-0.2, 0) is 7.05 Å². The highest BCUT2D eigenvalue weighted by atomic mass is 16.3. The van der Waals surface area contributed by atoms with Gasteiger partial charge in [-0.1, -0.05) is 0 Å². The molecular weight excluding hydrogens is 164 g/mol. The molecule has 0 aromatic carbocycles. The number of rotatable bonds is 1. The van der Waals surface area contributed by atoms with Crippen LogP contribution in [0, 0.1) is 6.92 Å². The van der Waals surface area contributed by atoms with Crippen molar-refractivity contribution in [1.29, 1.82) is 0 Å². The summed E-state index contributed by atoms with van der Waals surface area (Å²) in [4.78, 5) is 4.12. The summed E-state index contributed by atoms with van der Waals surface area (Å²) in [5.41, 5.74) is 2.06. The highest BCUT2D eigenvalue weighted by molar-refractivity contribution is 5.54. The number of hydrogen-bond donors (Lipinski definition) is 0. The molecule has 0 unspecified atom stereocenters. The van der Waals surface area contributed by atoms with Crippen LogP contribution in [0.1, 0.15) is 5.69 Å². The number of oxazole rings is 1. The molecule has 2 rings (SSSR count). The normalized spacial score (nSPS) is 10.3. The molecule has 0 bridgehead atoms. The molecule has 3 nitrogen and oxygen atoms in total. The maximum absolute atomic E-state index is 5.34. The predicted octanol–water partition coefficient (Wildman–Crippen LogP) is 1.47. The molecular formula is C10H11N2O+. The molecule has 0 atom stereocenters. The van der Waals surface area contributed by atoms with Gasteiger partial charge in [-0.25, -0.2) is 0 Å². The van der Waals surface area contributed by atoms with E-state index in [1.807, 2.05) is 36.9 Å². The number of aromatic nitrogens is 2. The van der Waals surface area contributed by atoms with Crippen LogP contribution in [0.3, 0.4) is 0 Å². The van der Waals surface area contributed by atoms with Crippen molar-refractivity contribution in [2.24, 2.45) is 7.05 Å². The third-order valence-electron chi connectivity index (χ3n) is 1.85. The van der Waals surface area contributed by atoms with Gasteiger partial charge in [0.25, 0.3) is 0 Å². The molecule has 0 saturated carbocycles. The van der Waals surface area contributed by atoms with E-state index < -0.39 is 0 Å². The van der Waals surface area contributed by atoms with E-state index in [2.05, 4.69) is 4.98 Å². The van der Waals surface area contributed by atoms with Crippen LogP contribution >= 0.6 is 0 Å². The van der Waals surface area contributed by atoms with E-state index in [9.17, 15) is 0 Å². The third-order valence-corrected chi connectivity index (χ3v) is 1.85. The molecule has 0 aliphatic rings. The van der Waals surface area contributed by atoms with Crippen molar-refractivity contribution < 1.29 is 8.98 Å². The highest BCUT2D eigenvalue weighted by Gasteiger charge is 2.06. The van der Waals surface area contributed by atoms with Gasteiger partial charge >= 0.3 is 6.39 Å². The Hall–Kier alpha value is -1.64. The van der Waals surface area contributed by atoms with Crippen LogP contribution in [0.25, 0.3) is 11.3 Å². The van der Waals surface area contributed by atoms with Crippen molar-refractivity contribution >= 4 is 0 Å². The molecule has 0 saturated heterocycles. The molecule has 2 aromatic rings. The van der Waals surface area contributed by atoms with Crippen molar-refractivity contribution in [2.45, 2.75) is 6.92 Å². The van der Waals surface area contributed by atoms with Gasteiger partial charge < -0.3 is 4.42 Å². The van der Waals surface area contributed by atoms with E-state index >= 15 is 0 Å². The Labute approximate surface area is 76.7 Å². The standard InChI is InChI=1S/C10H11N2O/c1-8-5-9(3-4-11-8)10-6-12(2)7-13-10/h3-7H,1-2H3/q+1. The summed E-state index contributed by atoms with van der Waals surface area (Å²) in [6.07, 6.45) is 5.40. The molecule has 2 aromatic heterocycles. The number of hydrogen-bond acceptors (Lipinski definition) is 2. The molecule has 0 amide bonds. The summed E-state index contributed by atoms with van der Waals surface area (Å²) in [5.74, 6) is 0.869. The summed E-state index contributed by atoms with van der Waals surface area (Å²) in [5, 5.41) is 0. The van der Waals surface area contributed by atoms with Gasteiger partial charge in [-0.05, 0) is 19.1 Å². The largest absolute Gasteiger partial charge is 0.404 e. The minimum atomic E-state index is 0.869. The zero-order valence-electron chi connectivity index (χ0n) is 7.69. The predicted molar refractivity (Wildman–Crippen MR) is 47.9 cm³/mol. The Morgan fingerprint density at radius 3 is 2.92 bits per heavy atom. The SMILES string of the molecule is Cc1cc(-c2c[n+](C)co2)ccn1. The molecule has 0 radical (unpaired) electrons. The lowest BCUT2D eigenvalue weighted by atomic mass is 10.2. The molecule has 0 fully saturated rings. The van der Waals surface area contributed by atoms with Gasteiger partial charge in [-0.3, -0.25) is 4.98 Å². The van der Waals surface area contributed by atoms with E-state index in [1.165, 1.54) is 0 Å². The molecule has 0 N–H and O–H groups in total. The van der Waals surface area contributed by atoms with Crippen molar-refractivity contribution in [3.63, 3.8) is 0 Å². The van der Waals surface area contributed by atoms with E-state index in [0.717, 1.165) is 17.0 Å². The Balaban J connectivity index is 2.46. The smallest absolute Gasteiger partial charge is 0.334 e. The minimum absolute atomic E-state index is 0.869. The number of pyridine rings is 1. The van der Waals surface area contributed by atoms with Gasteiger partial charge in [0.2, 0.25) is 12.0 Å². The molecule has 3 heteroatoms. The van der Waals surface area contributed by atoms with Crippen LogP contribution in [0.5, 0.6) is 0 Å². The van der Waals surface area contributed by atoms with Crippen molar-refractivity contribution in [1.82, 2.24) is 4.98 Å². The summed E-state index contributed by atoms with van der Waals surface area (Å²) >= 11 is 0. The van der Waals surface area contributed by atoms with E-state index in [4.69, 9.17) is 4.42 Å². The van der Waals surface area contributed by atoms with E-state index in [-0.39, 0.29) is 0 Å².